The van der Waals surface area contributed by atoms with Gasteiger partial charge in [0.25, 0.3) is 5.91 Å². The summed E-state index contributed by atoms with van der Waals surface area (Å²) in [4.78, 5) is 11.8. The van der Waals surface area contributed by atoms with Crippen LogP contribution in [0.15, 0.2) is 12.1 Å². The number of rotatable bonds is 5. The molecule has 0 aliphatic carbocycles. The molecule has 0 saturated heterocycles. The molecule has 1 amide bonds. The predicted molar refractivity (Wildman–Crippen MR) is 77.5 cm³/mol. The monoisotopic (exact) mass is 324 g/mol. The molecule has 8 heteroatoms. The number of benzene rings is 1. The zero-order chi connectivity index (χ0) is 14.6. The molecule has 1 rings (SSSR count). The molecule has 0 bridgehead atoms. The Hall–Kier alpha value is -0.980. The van der Waals surface area contributed by atoms with E-state index in [1.54, 1.807) is 6.92 Å². The van der Waals surface area contributed by atoms with Crippen LogP contribution >= 0.6 is 23.2 Å². The molecule has 0 unspecified atom stereocenters. The van der Waals surface area contributed by atoms with Gasteiger partial charge < -0.3 is 11.1 Å². The van der Waals surface area contributed by atoms with Crippen LogP contribution in [0.3, 0.4) is 0 Å². The van der Waals surface area contributed by atoms with Crippen molar-refractivity contribution in [1.82, 2.24) is 5.32 Å². The first kappa shape index (κ1) is 16.1. The lowest BCUT2D eigenvalue weighted by Gasteiger charge is -2.08. The number of anilines is 1. The standard InChI is InChI=1S/C11H14Cl2N2O3S/c1-2-19(17,18)4-3-15-11(16)7-5-8(12)10(14)9(13)6-7/h5-6H,2-4,14H2,1H3,(H,15,16). The quantitative estimate of drug-likeness (QED) is 0.807. The van der Waals surface area contributed by atoms with Gasteiger partial charge in [0.2, 0.25) is 0 Å². The first-order chi connectivity index (χ1) is 8.76. The summed E-state index contributed by atoms with van der Waals surface area (Å²) in [5.74, 6) is -0.510. The third kappa shape index (κ3) is 4.56. The van der Waals surface area contributed by atoms with E-state index in [2.05, 4.69) is 5.32 Å². The zero-order valence-electron chi connectivity index (χ0n) is 10.2. The number of sulfone groups is 1. The molecule has 0 saturated carbocycles. The topological polar surface area (TPSA) is 89.3 Å². The van der Waals surface area contributed by atoms with Gasteiger partial charge in [-0.3, -0.25) is 4.79 Å². The maximum Gasteiger partial charge on any atom is 0.251 e. The molecule has 0 heterocycles. The highest BCUT2D eigenvalue weighted by Crippen LogP contribution is 2.28. The zero-order valence-corrected chi connectivity index (χ0v) is 12.6. The Morgan fingerprint density at radius 2 is 1.84 bits per heavy atom. The summed E-state index contributed by atoms with van der Waals surface area (Å²) in [6.45, 7) is 1.59. The minimum atomic E-state index is -3.11. The van der Waals surface area contributed by atoms with Crippen molar-refractivity contribution < 1.29 is 13.2 Å². The van der Waals surface area contributed by atoms with Crippen molar-refractivity contribution >= 4 is 44.6 Å². The molecule has 19 heavy (non-hydrogen) atoms. The number of amides is 1. The van der Waals surface area contributed by atoms with Gasteiger partial charge in [0.1, 0.15) is 0 Å². The maximum absolute atomic E-state index is 11.8. The fourth-order valence-corrected chi connectivity index (χ4v) is 2.47. The molecular formula is C11H14Cl2N2O3S. The predicted octanol–water partition coefficient (Wildman–Crippen LogP) is 1.74. The fraction of sp³-hybridized carbons (Fsp3) is 0.364. The second-order valence-corrected chi connectivity index (χ2v) is 7.13. The van der Waals surface area contributed by atoms with Crippen LogP contribution in [0.5, 0.6) is 0 Å². The molecule has 0 aromatic heterocycles. The SMILES string of the molecule is CCS(=O)(=O)CCNC(=O)c1cc(Cl)c(N)c(Cl)c1. The van der Waals surface area contributed by atoms with Crippen molar-refractivity contribution in [1.29, 1.82) is 0 Å². The molecule has 5 nitrogen and oxygen atoms in total. The van der Waals surface area contributed by atoms with E-state index in [1.165, 1.54) is 12.1 Å². The van der Waals surface area contributed by atoms with Gasteiger partial charge in [0.05, 0.1) is 21.5 Å². The van der Waals surface area contributed by atoms with Crippen LogP contribution in [0.4, 0.5) is 5.69 Å². The van der Waals surface area contributed by atoms with Crippen molar-refractivity contribution in [3.8, 4) is 0 Å². The van der Waals surface area contributed by atoms with Gasteiger partial charge in [-0.25, -0.2) is 8.42 Å². The van der Waals surface area contributed by atoms with E-state index < -0.39 is 15.7 Å². The van der Waals surface area contributed by atoms with Crippen molar-refractivity contribution in [2.45, 2.75) is 6.92 Å². The average Bonchev–Trinajstić information content (AvgIpc) is 2.35. The third-order valence-electron chi connectivity index (χ3n) is 2.48. The number of carbonyl (C=O) groups excluding carboxylic acids is 1. The summed E-state index contributed by atoms with van der Waals surface area (Å²) < 4.78 is 22.5. The van der Waals surface area contributed by atoms with E-state index in [0.29, 0.717) is 0 Å². The van der Waals surface area contributed by atoms with Crippen LogP contribution in [0.2, 0.25) is 10.0 Å². The van der Waals surface area contributed by atoms with Gasteiger partial charge in [-0.05, 0) is 12.1 Å². The summed E-state index contributed by atoms with van der Waals surface area (Å²) in [6.07, 6.45) is 0. The molecule has 0 spiro atoms. The minimum Gasteiger partial charge on any atom is -0.396 e. The summed E-state index contributed by atoms with van der Waals surface area (Å²) in [5.41, 5.74) is 5.99. The molecule has 3 N–H and O–H groups in total. The van der Waals surface area contributed by atoms with Crippen LogP contribution in [0.1, 0.15) is 17.3 Å². The molecule has 1 aromatic carbocycles. The Bertz CT molecular complexity index is 565. The van der Waals surface area contributed by atoms with E-state index in [0.717, 1.165) is 0 Å². The van der Waals surface area contributed by atoms with Gasteiger partial charge >= 0.3 is 0 Å². The molecular weight excluding hydrogens is 311 g/mol. The number of nitrogens with one attached hydrogen (secondary N) is 1. The van der Waals surface area contributed by atoms with Gasteiger partial charge in [-0.2, -0.15) is 0 Å². The lowest BCUT2D eigenvalue weighted by Crippen LogP contribution is -2.29. The summed E-state index contributed by atoms with van der Waals surface area (Å²) in [6, 6.07) is 2.76. The molecule has 0 atom stereocenters. The van der Waals surface area contributed by atoms with Crippen LogP contribution in [-0.4, -0.2) is 32.4 Å². The summed E-state index contributed by atoms with van der Waals surface area (Å²) in [5, 5.41) is 2.85. The molecule has 106 valence electrons. The lowest BCUT2D eigenvalue weighted by atomic mass is 10.2. The van der Waals surface area contributed by atoms with Crippen LogP contribution in [0, 0.1) is 0 Å². The largest absolute Gasteiger partial charge is 0.396 e. The minimum absolute atomic E-state index is 0.0363. The Balaban J connectivity index is 2.70. The van der Waals surface area contributed by atoms with E-state index in [1.807, 2.05) is 0 Å². The second kappa shape index (κ2) is 6.45. The van der Waals surface area contributed by atoms with E-state index in [9.17, 15) is 13.2 Å². The van der Waals surface area contributed by atoms with E-state index in [-0.39, 0.29) is 39.3 Å². The maximum atomic E-state index is 11.8. The van der Waals surface area contributed by atoms with Crippen molar-refractivity contribution in [2.75, 3.05) is 23.8 Å². The first-order valence-corrected chi connectivity index (χ1v) is 8.07. The Morgan fingerprint density at radius 1 is 1.32 bits per heavy atom. The van der Waals surface area contributed by atoms with E-state index in [4.69, 9.17) is 28.9 Å². The highest BCUT2D eigenvalue weighted by molar-refractivity contribution is 7.91. The van der Waals surface area contributed by atoms with Gasteiger partial charge in [-0.15, -0.1) is 0 Å². The average molecular weight is 325 g/mol. The highest BCUT2D eigenvalue weighted by Gasteiger charge is 2.12. The lowest BCUT2D eigenvalue weighted by molar-refractivity contribution is 0.0956. The van der Waals surface area contributed by atoms with Crippen LogP contribution in [0.25, 0.3) is 0 Å². The number of nitrogen functional groups attached to an aromatic ring is 1. The molecule has 0 fully saturated rings. The fourth-order valence-electron chi connectivity index (χ4n) is 1.28. The van der Waals surface area contributed by atoms with E-state index >= 15 is 0 Å². The number of carbonyl (C=O) groups is 1. The Kier molecular flexibility index (Phi) is 5.46. The van der Waals surface area contributed by atoms with Crippen molar-refractivity contribution in [3.63, 3.8) is 0 Å². The van der Waals surface area contributed by atoms with Gasteiger partial charge in [0.15, 0.2) is 9.84 Å². The van der Waals surface area contributed by atoms with Gasteiger partial charge in [0, 0.05) is 17.9 Å². The smallest absolute Gasteiger partial charge is 0.251 e. The molecule has 0 aliphatic heterocycles. The normalized spacial score (nSPS) is 11.3. The molecule has 0 aliphatic rings. The Morgan fingerprint density at radius 3 is 2.32 bits per heavy atom. The molecule has 1 aromatic rings. The number of halogens is 2. The van der Waals surface area contributed by atoms with Crippen molar-refractivity contribution in [2.24, 2.45) is 0 Å². The summed E-state index contributed by atoms with van der Waals surface area (Å²) >= 11 is 11.6. The van der Waals surface area contributed by atoms with Crippen LogP contribution in [-0.2, 0) is 9.84 Å². The van der Waals surface area contributed by atoms with Crippen molar-refractivity contribution in [3.05, 3.63) is 27.7 Å². The number of hydrogen-bond donors (Lipinski definition) is 2. The van der Waals surface area contributed by atoms with Gasteiger partial charge in [-0.1, -0.05) is 30.1 Å². The Labute approximate surface area is 122 Å². The number of hydrogen-bond acceptors (Lipinski definition) is 4. The second-order valence-electron chi connectivity index (χ2n) is 3.85. The first-order valence-electron chi connectivity index (χ1n) is 5.50. The highest BCUT2D eigenvalue weighted by atomic mass is 35.5. The third-order valence-corrected chi connectivity index (χ3v) is 4.81. The number of nitrogens with two attached hydrogens (primary N) is 1. The summed E-state index contributed by atoms with van der Waals surface area (Å²) in [7, 11) is -3.11. The molecule has 0 radical (unpaired) electrons. The van der Waals surface area contributed by atoms with Crippen LogP contribution < -0.4 is 11.1 Å².